The van der Waals surface area contributed by atoms with E-state index in [1.54, 1.807) is 24.0 Å². The van der Waals surface area contributed by atoms with Crippen molar-refractivity contribution in [2.75, 3.05) is 0 Å². The van der Waals surface area contributed by atoms with Crippen molar-refractivity contribution in [3.63, 3.8) is 0 Å². The van der Waals surface area contributed by atoms with Crippen LogP contribution >= 0.6 is 35.0 Å². The molecule has 3 nitrogen and oxygen atoms in total. The Balaban J connectivity index is 1.97. The van der Waals surface area contributed by atoms with Gasteiger partial charge in [-0.05, 0) is 35.7 Å². The lowest BCUT2D eigenvalue weighted by atomic mass is 9.99. The summed E-state index contributed by atoms with van der Waals surface area (Å²) in [5, 5.41) is 1.28. The van der Waals surface area contributed by atoms with Gasteiger partial charge in [0.05, 0.1) is 5.69 Å². The van der Waals surface area contributed by atoms with E-state index in [9.17, 15) is 0 Å². The van der Waals surface area contributed by atoms with Crippen molar-refractivity contribution < 1.29 is 0 Å². The fourth-order valence-electron chi connectivity index (χ4n) is 2.61. The quantitative estimate of drug-likeness (QED) is 0.594. The molecule has 6 heteroatoms. The van der Waals surface area contributed by atoms with Crippen molar-refractivity contribution in [2.24, 2.45) is 0 Å². The van der Waals surface area contributed by atoms with Crippen LogP contribution < -0.4 is 0 Å². The lowest BCUT2D eigenvalue weighted by Gasteiger charge is -2.16. The summed E-state index contributed by atoms with van der Waals surface area (Å²) < 4.78 is 0. The molecule has 2 heterocycles. The van der Waals surface area contributed by atoms with E-state index in [0.29, 0.717) is 22.4 Å². The highest BCUT2D eigenvalue weighted by Crippen LogP contribution is 2.37. The van der Waals surface area contributed by atoms with Gasteiger partial charge in [-0.2, -0.15) is 0 Å². The van der Waals surface area contributed by atoms with E-state index in [-0.39, 0.29) is 0 Å². The Morgan fingerprint density at radius 1 is 1.08 bits per heavy atom. The molecule has 3 aromatic rings. The molecule has 0 amide bonds. The fourth-order valence-corrected chi connectivity index (χ4v) is 4.49. The van der Waals surface area contributed by atoms with Gasteiger partial charge < -0.3 is 4.98 Å². The van der Waals surface area contributed by atoms with Gasteiger partial charge in [0.2, 0.25) is 0 Å². The molecule has 0 spiro atoms. The van der Waals surface area contributed by atoms with E-state index in [2.05, 4.69) is 28.8 Å². The summed E-state index contributed by atoms with van der Waals surface area (Å²) >= 11 is 13.9. The lowest BCUT2D eigenvalue weighted by molar-refractivity contribution is 0.796. The van der Waals surface area contributed by atoms with Gasteiger partial charge in [0.1, 0.15) is 5.82 Å². The Morgan fingerprint density at radius 2 is 1.83 bits per heavy atom. The molecule has 0 aliphatic rings. The molecule has 0 bridgehead atoms. The summed E-state index contributed by atoms with van der Waals surface area (Å²) in [6, 6.07) is 7.63. The minimum absolute atomic E-state index is 0.348. The Hall–Kier alpha value is -1.49. The van der Waals surface area contributed by atoms with Crippen LogP contribution in [-0.2, 0) is 6.42 Å². The molecular weight excluding hydrogens is 361 g/mol. The molecule has 0 atom stereocenters. The van der Waals surface area contributed by atoms with E-state index < -0.39 is 0 Å². The number of halogens is 2. The van der Waals surface area contributed by atoms with Crippen LogP contribution in [0.15, 0.2) is 52.6 Å². The van der Waals surface area contributed by atoms with Gasteiger partial charge in [0.15, 0.2) is 0 Å². The van der Waals surface area contributed by atoms with Gasteiger partial charge in [0.25, 0.3) is 0 Å². The van der Waals surface area contributed by atoms with Crippen molar-refractivity contribution >= 4 is 35.0 Å². The predicted molar refractivity (Wildman–Crippen MR) is 100 cm³/mol. The zero-order valence-electron chi connectivity index (χ0n) is 13.4. The SMILES string of the molecule is CC(C)c1c(Sc2cc(Cl)cc(Cl)c2)ccnc1Cc1ncc[nH]1. The first kappa shape index (κ1) is 17.3. The zero-order chi connectivity index (χ0) is 17.1. The summed E-state index contributed by atoms with van der Waals surface area (Å²) in [5.74, 6) is 1.26. The number of aromatic amines is 1. The second-order valence-corrected chi connectivity index (χ2v) is 7.73. The van der Waals surface area contributed by atoms with Crippen LogP contribution in [0.2, 0.25) is 10.0 Å². The third-order valence-corrected chi connectivity index (χ3v) is 5.05. The molecule has 1 N–H and O–H groups in total. The number of hydrogen-bond donors (Lipinski definition) is 1. The molecule has 0 saturated carbocycles. The Labute approximate surface area is 155 Å². The molecule has 2 aromatic heterocycles. The van der Waals surface area contributed by atoms with E-state index in [4.69, 9.17) is 23.2 Å². The normalized spacial score (nSPS) is 11.2. The van der Waals surface area contributed by atoms with Crippen LogP contribution in [0.25, 0.3) is 0 Å². The number of imidazole rings is 1. The van der Waals surface area contributed by atoms with E-state index >= 15 is 0 Å². The number of benzene rings is 1. The molecule has 0 fully saturated rings. The number of nitrogens with zero attached hydrogens (tertiary/aromatic N) is 2. The van der Waals surface area contributed by atoms with Gasteiger partial charge in [-0.3, -0.25) is 4.98 Å². The fraction of sp³-hybridized carbons (Fsp3) is 0.222. The van der Waals surface area contributed by atoms with Crippen LogP contribution in [0.4, 0.5) is 0 Å². The Morgan fingerprint density at radius 3 is 2.46 bits per heavy atom. The van der Waals surface area contributed by atoms with Gasteiger partial charge in [-0.15, -0.1) is 0 Å². The van der Waals surface area contributed by atoms with Crippen LogP contribution in [-0.4, -0.2) is 15.0 Å². The number of rotatable bonds is 5. The van der Waals surface area contributed by atoms with Crippen LogP contribution in [0.5, 0.6) is 0 Å². The summed E-state index contributed by atoms with van der Waals surface area (Å²) in [4.78, 5) is 14.2. The second-order valence-electron chi connectivity index (χ2n) is 5.74. The first-order valence-electron chi connectivity index (χ1n) is 7.63. The summed E-state index contributed by atoms with van der Waals surface area (Å²) in [6.45, 7) is 4.36. The van der Waals surface area contributed by atoms with Crippen molar-refractivity contribution in [3.05, 3.63) is 70.0 Å². The van der Waals surface area contributed by atoms with Crippen molar-refractivity contribution in [1.82, 2.24) is 15.0 Å². The molecule has 0 aliphatic heterocycles. The maximum absolute atomic E-state index is 6.12. The maximum atomic E-state index is 6.12. The van der Waals surface area contributed by atoms with Gasteiger partial charge >= 0.3 is 0 Å². The first-order valence-corrected chi connectivity index (χ1v) is 9.20. The van der Waals surface area contributed by atoms with Crippen LogP contribution in [0.3, 0.4) is 0 Å². The number of aromatic nitrogens is 3. The average Bonchev–Trinajstić information content (AvgIpc) is 2.99. The summed E-state index contributed by atoms with van der Waals surface area (Å²) in [6.07, 6.45) is 6.12. The standard InChI is InChI=1S/C18H17Cl2N3S/c1-11(2)18-15(10-17-22-5-6-23-17)21-4-3-16(18)24-14-8-12(19)7-13(20)9-14/h3-9,11H,10H2,1-2H3,(H,22,23). The minimum atomic E-state index is 0.348. The van der Waals surface area contributed by atoms with Crippen LogP contribution in [0, 0.1) is 0 Å². The molecular formula is C18H17Cl2N3S. The summed E-state index contributed by atoms with van der Waals surface area (Å²) in [7, 11) is 0. The smallest absolute Gasteiger partial charge is 0.112 e. The molecule has 0 saturated heterocycles. The van der Waals surface area contributed by atoms with E-state index in [1.807, 2.05) is 30.6 Å². The predicted octanol–water partition coefficient (Wildman–Crippen LogP) is 5.98. The average molecular weight is 378 g/mol. The van der Waals surface area contributed by atoms with Crippen molar-refractivity contribution in [3.8, 4) is 0 Å². The van der Waals surface area contributed by atoms with E-state index in [1.165, 1.54) is 10.5 Å². The monoisotopic (exact) mass is 377 g/mol. The highest BCUT2D eigenvalue weighted by Gasteiger charge is 2.16. The molecule has 1 aromatic carbocycles. The highest BCUT2D eigenvalue weighted by molar-refractivity contribution is 7.99. The molecule has 0 radical (unpaired) electrons. The third kappa shape index (κ3) is 4.12. The lowest BCUT2D eigenvalue weighted by Crippen LogP contribution is -2.04. The molecule has 24 heavy (non-hydrogen) atoms. The summed E-state index contributed by atoms with van der Waals surface area (Å²) in [5.41, 5.74) is 2.27. The number of hydrogen-bond acceptors (Lipinski definition) is 3. The second kappa shape index (κ2) is 7.60. The van der Waals surface area contributed by atoms with Gasteiger partial charge in [-0.25, -0.2) is 4.98 Å². The van der Waals surface area contributed by atoms with Gasteiger partial charge in [0, 0.05) is 44.8 Å². The number of H-pyrrole nitrogens is 1. The van der Waals surface area contributed by atoms with Gasteiger partial charge in [-0.1, -0.05) is 48.8 Å². The topological polar surface area (TPSA) is 41.6 Å². The third-order valence-electron chi connectivity index (χ3n) is 3.56. The Kier molecular flexibility index (Phi) is 5.49. The largest absolute Gasteiger partial charge is 0.348 e. The van der Waals surface area contributed by atoms with E-state index in [0.717, 1.165) is 16.4 Å². The maximum Gasteiger partial charge on any atom is 0.112 e. The molecule has 0 unspecified atom stereocenters. The van der Waals surface area contributed by atoms with Crippen LogP contribution in [0.1, 0.15) is 36.8 Å². The molecule has 124 valence electrons. The van der Waals surface area contributed by atoms with Crippen molar-refractivity contribution in [1.29, 1.82) is 0 Å². The zero-order valence-corrected chi connectivity index (χ0v) is 15.7. The highest BCUT2D eigenvalue weighted by atomic mass is 35.5. The molecule has 0 aliphatic carbocycles. The number of pyridine rings is 1. The number of nitrogens with one attached hydrogen (secondary N) is 1. The minimum Gasteiger partial charge on any atom is -0.348 e. The Bertz CT molecular complexity index is 812. The first-order chi connectivity index (χ1) is 11.5. The van der Waals surface area contributed by atoms with Crippen molar-refractivity contribution in [2.45, 2.75) is 36.0 Å². The molecule has 3 rings (SSSR count).